The maximum atomic E-state index is 11.5. The molecule has 0 amide bonds. The zero-order valence-corrected chi connectivity index (χ0v) is 12.1. The summed E-state index contributed by atoms with van der Waals surface area (Å²) in [6.45, 7) is 0. The van der Waals surface area contributed by atoms with Crippen LogP contribution in [0.4, 0.5) is 0 Å². The molecule has 2 heterocycles. The molecule has 0 atom stereocenters. The zero-order valence-electron chi connectivity index (χ0n) is 10.5. The molecule has 0 bridgehead atoms. The summed E-state index contributed by atoms with van der Waals surface area (Å²) in [5.74, 6) is -0.344. The van der Waals surface area contributed by atoms with E-state index in [-0.39, 0.29) is 5.56 Å². The lowest BCUT2D eigenvalue weighted by atomic mass is 10.1. The number of imidazole rings is 1. The lowest BCUT2D eigenvalue weighted by Gasteiger charge is -2.07. The summed E-state index contributed by atoms with van der Waals surface area (Å²) in [5, 5.41) is 10.00. The highest BCUT2D eigenvalue weighted by molar-refractivity contribution is 9.10. The van der Waals surface area contributed by atoms with Crippen LogP contribution < -0.4 is 0 Å². The third-order valence-corrected chi connectivity index (χ3v) is 3.54. The molecule has 3 rings (SSSR count). The number of aryl methyl sites for hydroxylation is 1. The largest absolute Gasteiger partial charge is 0.478 e. The van der Waals surface area contributed by atoms with Gasteiger partial charge in [0, 0.05) is 29.3 Å². The average Bonchev–Trinajstić information content (AvgIpc) is 2.83. The van der Waals surface area contributed by atoms with Crippen molar-refractivity contribution in [3.63, 3.8) is 0 Å². The van der Waals surface area contributed by atoms with Crippen molar-refractivity contribution in [2.24, 2.45) is 7.05 Å². The second-order valence-corrected chi connectivity index (χ2v) is 5.30. The molecule has 5 nitrogen and oxygen atoms in total. The van der Waals surface area contributed by atoms with Gasteiger partial charge in [0.05, 0.1) is 11.1 Å². The van der Waals surface area contributed by atoms with Gasteiger partial charge in [0.2, 0.25) is 0 Å². The number of nitrogens with zero attached hydrogens (tertiary/aromatic N) is 3. The molecule has 0 aliphatic heterocycles. The number of carboxylic acids is 1. The first-order valence-electron chi connectivity index (χ1n) is 5.87. The standard InChI is InChI=1S/C14H10BrN3O2/c1-18-5-4-16-13(18)12-7-10(14(19)20)9-6-8(15)2-3-11(9)17-12/h2-7H,1H3,(H,19,20). The molecule has 0 aliphatic rings. The number of hydrogen-bond acceptors (Lipinski definition) is 3. The van der Waals surface area contributed by atoms with Crippen LogP contribution in [0, 0.1) is 0 Å². The predicted octanol–water partition coefficient (Wildman–Crippen LogP) is 3.10. The minimum atomic E-state index is -0.981. The summed E-state index contributed by atoms with van der Waals surface area (Å²) in [6.07, 6.45) is 3.45. The second kappa shape index (κ2) is 4.72. The molecule has 100 valence electrons. The van der Waals surface area contributed by atoms with E-state index in [0.717, 1.165) is 4.47 Å². The van der Waals surface area contributed by atoms with Gasteiger partial charge in [-0.1, -0.05) is 15.9 Å². The van der Waals surface area contributed by atoms with Crippen LogP contribution in [0.1, 0.15) is 10.4 Å². The highest BCUT2D eigenvalue weighted by Gasteiger charge is 2.15. The van der Waals surface area contributed by atoms with Crippen LogP contribution in [-0.4, -0.2) is 25.6 Å². The highest BCUT2D eigenvalue weighted by Crippen LogP contribution is 2.26. The number of hydrogen-bond donors (Lipinski definition) is 1. The Balaban J connectivity index is 2.34. The van der Waals surface area contributed by atoms with Crippen LogP contribution in [0.2, 0.25) is 0 Å². The number of benzene rings is 1. The van der Waals surface area contributed by atoms with Gasteiger partial charge in [-0.3, -0.25) is 0 Å². The van der Waals surface area contributed by atoms with Gasteiger partial charge in [0.15, 0.2) is 5.82 Å². The van der Waals surface area contributed by atoms with E-state index in [4.69, 9.17) is 0 Å². The van der Waals surface area contributed by atoms with Gasteiger partial charge in [0.1, 0.15) is 5.69 Å². The molecule has 1 aromatic carbocycles. The minimum Gasteiger partial charge on any atom is -0.478 e. The quantitative estimate of drug-likeness (QED) is 0.783. The van der Waals surface area contributed by atoms with E-state index in [1.54, 1.807) is 35.2 Å². The molecule has 2 aromatic heterocycles. The van der Waals surface area contributed by atoms with E-state index >= 15 is 0 Å². The lowest BCUT2D eigenvalue weighted by Crippen LogP contribution is -2.02. The number of aromatic nitrogens is 3. The first-order chi connectivity index (χ1) is 9.56. The monoisotopic (exact) mass is 331 g/mol. The predicted molar refractivity (Wildman–Crippen MR) is 78.6 cm³/mol. The number of pyridine rings is 1. The third kappa shape index (κ3) is 2.08. The molecule has 0 aliphatic carbocycles. The number of carbonyl (C=O) groups is 1. The van der Waals surface area contributed by atoms with Gasteiger partial charge < -0.3 is 9.67 Å². The number of carboxylic acid groups (broad SMARTS) is 1. The van der Waals surface area contributed by atoms with Gasteiger partial charge in [-0.25, -0.2) is 14.8 Å². The summed E-state index contributed by atoms with van der Waals surface area (Å²) in [7, 11) is 1.84. The fourth-order valence-electron chi connectivity index (χ4n) is 2.10. The van der Waals surface area contributed by atoms with Crippen molar-refractivity contribution in [3.8, 4) is 11.5 Å². The fourth-order valence-corrected chi connectivity index (χ4v) is 2.46. The summed E-state index contributed by atoms with van der Waals surface area (Å²) in [4.78, 5) is 20.2. The fraction of sp³-hybridized carbons (Fsp3) is 0.0714. The first-order valence-corrected chi connectivity index (χ1v) is 6.67. The maximum Gasteiger partial charge on any atom is 0.336 e. The van der Waals surface area contributed by atoms with Crippen LogP contribution in [-0.2, 0) is 7.05 Å². The first kappa shape index (κ1) is 12.8. The van der Waals surface area contributed by atoms with Crippen molar-refractivity contribution in [2.45, 2.75) is 0 Å². The molecule has 6 heteroatoms. The summed E-state index contributed by atoms with van der Waals surface area (Å²) >= 11 is 3.35. The van der Waals surface area contributed by atoms with Crippen molar-refractivity contribution < 1.29 is 9.90 Å². The van der Waals surface area contributed by atoms with Crippen molar-refractivity contribution >= 4 is 32.8 Å². The van der Waals surface area contributed by atoms with Crippen LogP contribution >= 0.6 is 15.9 Å². The van der Waals surface area contributed by atoms with E-state index in [0.29, 0.717) is 22.4 Å². The molecule has 0 spiro atoms. The second-order valence-electron chi connectivity index (χ2n) is 4.38. The van der Waals surface area contributed by atoms with Gasteiger partial charge >= 0.3 is 5.97 Å². The molecule has 0 saturated heterocycles. The SMILES string of the molecule is Cn1ccnc1-c1cc(C(=O)O)c2cc(Br)ccc2n1. The molecule has 0 fully saturated rings. The Morgan fingerprint density at radius 3 is 2.80 bits per heavy atom. The number of aromatic carboxylic acids is 1. The summed E-state index contributed by atoms with van der Waals surface area (Å²) < 4.78 is 2.62. The normalized spacial score (nSPS) is 10.9. The smallest absolute Gasteiger partial charge is 0.336 e. The average molecular weight is 332 g/mol. The van der Waals surface area contributed by atoms with Crippen LogP contribution in [0.25, 0.3) is 22.4 Å². The van der Waals surface area contributed by atoms with Gasteiger partial charge in [-0.15, -0.1) is 0 Å². The van der Waals surface area contributed by atoms with Gasteiger partial charge in [-0.05, 0) is 24.3 Å². The zero-order chi connectivity index (χ0) is 14.3. The molecule has 3 aromatic rings. The van der Waals surface area contributed by atoms with Gasteiger partial charge in [-0.2, -0.15) is 0 Å². The van der Waals surface area contributed by atoms with Gasteiger partial charge in [0.25, 0.3) is 0 Å². The molecule has 0 saturated carbocycles. The van der Waals surface area contributed by atoms with Crippen LogP contribution in [0.3, 0.4) is 0 Å². The van der Waals surface area contributed by atoms with Crippen molar-refractivity contribution in [3.05, 3.63) is 46.7 Å². The highest BCUT2D eigenvalue weighted by atomic mass is 79.9. The van der Waals surface area contributed by atoms with Crippen molar-refractivity contribution in [2.75, 3.05) is 0 Å². The van der Waals surface area contributed by atoms with E-state index in [2.05, 4.69) is 25.9 Å². The molecule has 20 heavy (non-hydrogen) atoms. The Morgan fingerprint density at radius 2 is 2.15 bits per heavy atom. The lowest BCUT2D eigenvalue weighted by molar-refractivity contribution is 0.0699. The molecule has 0 unspecified atom stereocenters. The third-order valence-electron chi connectivity index (χ3n) is 3.05. The van der Waals surface area contributed by atoms with E-state index in [9.17, 15) is 9.90 Å². The summed E-state index contributed by atoms with van der Waals surface area (Å²) in [5.41, 5.74) is 1.39. The Hall–Kier alpha value is -2.21. The number of halogens is 1. The van der Waals surface area contributed by atoms with E-state index < -0.39 is 5.97 Å². The molecular weight excluding hydrogens is 322 g/mol. The minimum absolute atomic E-state index is 0.217. The molecular formula is C14H10BrN3O2. The molecule has 0 radical (unpaired) electrons. The van der Waals surface area contributed by atoms with E-state index in [1.807, 2.05) is 13.1 Å². The summed E-state index contributed by atoms with van der Waals surface area (Å²) in [6, 6.07) is 6.94. The Kier molecular flexibility index (Phi) is 3.02. The van der Waals surface area contributed by atoms with Crippen molar-refractivity contribution in [1.29, 1.82) is 0 Å². The number of fused-ring (bicyclic) bond motifs is 1. The Labute approximate surface area is 123 Å². The maximum absolute atomic E-state index is 11.5. The van der Waals surface area contributed by atoms with E-state index in [1.165, 1.54) is 0 Å². The Bertz CT molecular complexity index is 826. The van der Waals surface area contributed by atoms with Crippen molar-refractivity contribution in [1.82, 2.24) is 14.5 Å². The topological polar surface area (TPSA) is 68.0 Å². The van der Waals surface area contributed by atoms with Crippen LogP contribution in [0.5, 0.6) is 0 Å². The molecule has 1 N–H and O–H groups in total. The Morgan fingerprint density at radius 1 is 1.35 bits per heavy atom. The van der Waals surface area contributed by atoms with Crippen LogP contribution in [0.15, 0.2) is 41.1 Å². The number of rotatable bonds is 2.